The van der Waals surface area contributed by atoms with Crippen LogP contribution in [0.3, 0.4) is 0 Å². The van der Waals surface area contributed by atoms with Crippen molar-refractivity contribution < 1.29 is 9.90 Å². The minimum Gasteiger partial charge on any atom is -0.395 e. The zero-order valence-electron chi connectivity index (χ0n) is 13.6. The fraction of sp³-hybridized carbons (Fsp3) is 0.588. The van der Waals surface area contributed by atoms with Gasteiger partial charge in [0, 0.05) is 18.8 Å². The molecule has 0 saturated heterocycles. The van der Waals surface area contributed by atoms with Gasteiger partial charge in [-0.1, -0.05) is 46.2 Å². The molecule has 118 valence electrons. The summed E-state index contributed by atoms with van der Waals surface area (Å²) in [6.45, 7) is 9.59. The summed E-state index contributed by atoms with van der Waals surface area (Å²) < 4.78 is 0. The average molecular weight is 292 g/mol. The summed E-state index contributed by atoms with van der Waals surface area (Å²) in [5.41, 5.74) is 2.12. The van der Waals surface area contributed by atoms with Crippen LogP contribution in [0.15, 0.2) is 24.3 Å². The lowest BCUT2D eigenvalue weighted by Crippen LogP contribution is -2.37. The van der Waals surface area contributed by atoms with Gasteiger partial charge in [0.25, 0.3) is 0 Å². The highest BCUT2D eigenvalue weighted by Crippen LogP contribution is 2.23. The topological polar surface area (TPSA) is 52.6 Å². The van der Waals surface area contributed by atoms with Gasteiger partial charge in [-0.25, -0.2) is 4.79 Å². The molecule has 0 spiro atoms. The molecular formula is C17H28N2O2. The lowest BCUT2D eigenvalue weighted by Gasteiger charge is -2.23. The van der Waals surface area contributed by atoms with Crippen LogP contribution in [-0.4, -0.2) is 35.7 Å². The number of hydrogen-bond acceptors (Lipinski definition) is 2. The van der Waals surface area contributed by atoms with Crippen molar-refractivity contribution in [3.63, 3.8) is 0 Å². The Morgan fingerprint density at radius 3 is 2.29 bits per heavy atom. The van der Waals surface area contributed by atoms with E-state index >= 15 is 0 Å². The lowest BCUT2D eigenvalue weighted by molar-refractivity contribution is 0.187. The van der Waals surface area contributed by atoms with Crippen LogP contribution in [-0.2, 0) is 5.41 Å². The van der Waals surface area contributed by atoms with Gasteiger partial charge >= 0.3 is 6.03 Å². The normalized spacial score (nSPS) is 11.3. The molecule has 0 fully saturated rings. The number of carbonyl (C=O) groups excluding carboxylic acids is 1. The summed E-state index contributed by atoms with van der Waals surface area (Å²) in [5, 5.41) is 11.9. The number of carbonyl (C=O) groups is 1. The zero-order chi connectivity index (χ0) is 15.9. The van der Waals surface area contributed by atoms with Crippen molar-refractivity contribution >= 4 is 11.7 Å². The van der Waals surface area contributed by atoms with Gasteiger partial charge in [-0.15, -0.1) is 0 Å². The Balaban J connectivity index is 2.67. The molecule has 0 aliphatic heterocycles. The lowest BCUT2D eigenvalue weighted by atomic mass is 9.87. The maximum atomic E-state index is 12.2. The van der Waals surface area contributed by atoms with Crippen LogP contribution in [0.1, 0.15) is 46.1 Å². The van der Waals surface area contributed by atoms with Gasteiger partial charge in [-0.3, -0.25) is 0 Å². The van der Waals surface area contributed by atoms with E-state index in [1.165, 1.54) is 5.56 Å². The van der Waals surface area contributed by atoms with Crippen molar-refractivity contribution in [3.05, 3.63) is 29.8 Å². The number of aliphatic hydroxyl groups is 1. The number of aliphatic hydroxyl groups excluding tert-OH is 1. The molecular weight excluding hydrogens is 264 g/mol. The number of urea groups is 1. The van der Waals surface area contributed by atoms with Crippen molar-refractivity contribution in [1.29, 1.82) is 0 Å². The van der Waals surface area contributed by atoms with Crippen LogP contribution >= 0.6 is 0 Å². The fourth-order valence-corrected chi connectivity index (χ4v) is 2.04. The summed E-state index contributed by atoms with van der Waals surface area (Å²) in [6, 6.07) is 7.78. The van der Waals surface area contributed by atoms with Gasteiger partial charge in [-0.2, -0.15) is 0 Å². The molecule has 0 heterocycles. The van der Waals surface area contributed by atoms with Crippen LogP contribution in [0.5, 0.6) is 0 Å². The molecule has 1 aromatic rings. The maximum absolute atomic E-state index is 12.2. The Labute approximate surface area is 128 Å². The number of amides is 2. The number of hydrogen-bond donors (Lipinski definition) is 2. The third-order valence-electron chi connectivity index (χ3n) is 3.44. The first-order chi connectivity index (χ1) is 9.88. The van der Waals surface area contributed by atoms with Crippen LogP contribution in [0.2, 0.25) is 0 Å². The number of nitrogens with one attached hydrogen (secondary N) is 1. The van der Waals surface area contributed by atoms with Crippen molar-refractivity contribution in [1.82, 2.24) is 4.90 Å². The van der Waals surface area contributed by atoms with E-state index in [2.05, 4.69) is 33.0 Å². The molecule has 0 aliphatic carbocycles. The Morgan fingerprint density at radius 2 is 1.81 bits per heavy atom. The van der Waals surface area contributed by atoms with E-state index in [0.717, 1.165) is 18.5 Å². The molecule has 0 radical (unpaired) electrons. The van der Waals surface area contributed by atoms with E-state index in [4.69, 9.17) is 5.11 Å². The number of nitrogens with zero attached hydrogens (tertiary/aromatic N) is 1. The molecule has 0 saturated carbocycles. The number of unbranched alkanes of at least 4 members (excludes halogenated alkanes) is 1. The van der Waals surface area contributed by atoms with Crippen molar-refractivity contribution in [2.45, 2.75) is 46.0 Å². The molecule has 0 aromatic heterocycles. The SMILES string of the molecule is CCCCN(CCO)C(=O)Nc1ccc(C(C)(C)C)cc1. The highest BCUT2D eigenvalue weighted by Gasteiger charge is 2.15. The molecule has 0 bridgehead atoms. The highest BCUT2D eigenvalue weighted by atomic mass is 16.3. The number of benzene rings is 1. The minimum atomic E-state index is -0.152. The summed E-state index contributed by atoms with van der Waals surface area (Å²) >= 11 is 0. The second-order valence-corrected chi connectivity index (χ2v) is 6.32. The predicted octanol–water partition coefficient (Wildman–Crippen LogP) is 3.61. The van der Waals surface area contributed by atoms with Gasteiger partial charge in [0.1, 0.15) is 0 Å². The highest BCUT2D eigenvalue weighted by molar-refractivity contribution is 5.89. The van der Waals surface area contributed by atoms with E-state index in [1.54, 1.807) is 4.90 Å². The molecule has 0 aliphatic rings. The van der Waals surface area contributed by atoms with Gasteiger partial charge in [-0.05, 0) is 29.5 Å². The summed E-state index contributed by atoms with van der Waals surface area (Å²) in [4.78, 5) is 13.8. The van der Waals surface area contributed by atoms with Crippen molar-refractivity contribution in [3.8, 4) is 0 Å². The van der Waals surface area contributed by atoms with Gasteiger partial charge in [0.15, 0.2) is 0 Å². The van der Waals surface area contributed by atoms with Crippen LogP contribution in [0, 0.1) is 0 Å². The van der Waals surface area contributed by atoms with Gasteiger partial charge in [0.2, 0.25) is 0 Å². The first-order valence-electron chi connectivity index (χ1n) is 7.65. The molecule has 2 N–H and O–H groups in total. The van der Waals surface area contributed by atoms with Crippen molar-refractivity contribution in [2.75, 3.05) is 25.0 Å². The number of rotatable bonds is 6. The maximum Gasteiger partial charge on any atom is 0.321 e. The molecule has 21 heavy (non-hydrogen) atoms. The Hall–Kier alpha value is -1.55. The van der Waals surface area contributed by atoms with E-state index in [0.29, 0.717) is 13.1 Å². The van der Waals surface area contributed by atoms with E-state index in [-0.39, 0.29) is 18.1 Å². The molecule has 1 aromatic carbocycles. The Bertz CT molecular complexity index is 435. The Morgan fingerprint density at radius 1 is 1.19 bits per heavy atom. The van der Waals surface area contributed by atoms with Crippen LogP contribution in [0.25, 0.3) is 0 Å². The zero-order valence-corrected chi connectivity index (χ0v) is 13.6. The third-order valence-corrected chi connectivity index (χ3v) is 3.44. The van der Waals surface area contributed by atoms with Gasteiger partial charge < -0.3 is 15.3 Å². The van der Waals surface area contributed by atoms with Crippen molar-refractivity contribution in [2.24, 2.45) is 0 Å². The first kappa shape index (κ1) is 17.5. The molecule has 2 amide bonds. The quantitative estimate of drug-likeness (QED) is 0.841. The second kappa shape index (κ2) is 8.03. The summed E-state index contributed by atoms with van der Waals surface area (Å²) in [7, 11) is 0. The van der Waals surface area contributed by atoms with E-state index in [1.807, 2.05) is 24.3 Å². The largest absolute Gasteiger partial charge is 0.395 e. The smallest absolute Gasteiger partial charge is 0.321 e. The Kier molecular flexibility index (Phi) is 6.69. The standard InChI is InChI=1S/C17H28N2O2/c1-5-6-11-19(12-13-20)16(21)18-15-9-7-14(8-10-15)17(2,3)4/h7-10,20H,5-6,11-13H2,1-4H3,(H,18,21). The number of anilines is 1. The summed E-state index contributed by atoms with van der Waals surface area (Å²) in [6.07, 6.45) is 1.96. The molecule has 0 unspecified atom stereocenters. The molecule has 1 rings (SSSR count). The van der Waals surface area contributed by atoms with Crippen LogP contribution < -0.4 is 5.32 Å². The minimum absolute atomic E-state index is 0.0138. The predicted molar refractivity (Wildman–Crippen MR) is 87.7 cm³/mol. The van der Waals surface area contributed by atoms with E-state index < -0.39 is 0 Å². The summed E-state index contributed by atoms with van der Waals surface area (Å²) in [5.74, 6) is 0. The second-order valence-electron chi connectivity index (χ2n) is 6.32. The molecule has 4 heteroatoms. The van der Waals surface area contributed by atoms with E-state index in [9.17, 15) is 4.79 Å². The van der Waals surface area contributed by atoms with Gasteiger partial charge in [0.05, 0.1) is 6.61 Å². The average Bonchev–Trinajstić information content (AvgIpc) is 2.43. The van der Waals surface area contributed by atoms with Crippen LogP contribution in [0.4, 0.5) is 10.5 Å². The fourth-order valence-electron chi connectivity index (χ4n) is 2.04. The first-order valence-corrected chi connectivity index (χ1v) is 7.65. The molecule has 4 nitrogen and oxygen atoms in total. The third kappa shape index (κ3) is 5.76. The monoisotopic (exact) mass is 292 g/mol. The molecule has 0 atom stereocenters.